The first kappa shape index (κ1) is 17.8. The maximum absolute atomic E-state index is 5.45. The number of aromatic nitrogens is 1. The zero-order valence-electron chi connectivity index (χ0n) is 14.5. The van der Waals surface area contributed by atoms with Gasteiger partial charge in [-0.15, -0.1) is 0 Å². The third-order valence-corrected chi connectivity index (χ3v) is 4.11. The van der Waals surface area contributed by atoms with E-state index in [1.165, 1.54) is 0 Å². The Morgan fingerprint density at radius 1 is 0.885 bits per heavy atom. The van der Waals surface area contributed by atoms with Gasteiger partial charge in [0.2, 0.25) is 0 Å². The van der Waals surface area contributed by atoms with E-state index in [1.807, 2.05) is 61.5 Å². The smallest absolute Gasteiger partial charge is 0.187 e. The van der Waals surface area contributed by atoms with Crippen LogP contribution in [-0.2, 0) is 0 Å². The highest BCUT2D eigenvalue weighted by molar-refractivity contribution is 7.80. The highest BCUT2D eigenvalue weighted by Gasteiger charge is 2.14. The van der Waals surface area contributed by atoms with Crippen molar-refractivity contribution in [1.29, 1.82) is 0 Å². The van der Waals surface area contributed by atoms with Gasteiger partial charge in [-0.05, 0) is 42.4 Å². The number of hydrogen-bond donors (Lipinski definition) is 2. The summed E-state index contributed by atoms with van der Waals surface area (Å²) in [6.07, 6.45) is 1.74. The van der Waals surface area contributed by atoms with Gasteiger partial charge in [-0.3, -0.25) is 10.4 Å². The van der Waals surface area contributed by atoms with Crippen LogP contribution in [0.5, 0.6) is 0 Å². The van der Waals surface area contributed by atoms with E-state index in [0.717, 1.165) is 22.5 Å². The average Bonchev–Trinajstić information content (AvgIpc) is 2.72. The van der Waals surface area contributed by atoms with Crippen molar-refractivity contribution in [3.63, 3.8) is 0 Å². The van der Waals surface area contributed by atoms with Crippen LogP contribution in [0.3, 0.4) is 0 Å². The van der Waals surface area contributed by atoms with Gasteiger partial charge in [-0.1, -0.05) is 66.7 Å². The van der Waals surface area contributed by atoms with Gasteiger partial charge in [-0.2, -0.15) is 5.10 Å². The summed E-state index contributed by atoms with van der Waals surface area (Å²) < 4.78 is 0. The number of hydrazone groups is 1. The van der Waals surface area contributed by atoms with Crippen LogP contribution in [0, 0.1) is 0 Å². The van der Waals surface area contributed by atoms with Gasteiger partial charge in [0, 0.05) is 6.20 Å². The van der Waals surface area contributed by atoms with E-state index >= 15 is 0 Å². The molecule has 3 aromatic rings. The molecule has 5 heteroatoms. The van der Waals surface area contributed by atoms with Gasteiger partial charge in [-0.25, -0.2) is 0 Å². The van der Waals surface area contributed by atoms with Crippen molar-refractivity contribution in [3.05, 3.63) is 102 Å². The maximum atomic E-state index is 5.45. The highest BCUT2D eigenvalue weighted by Crippen LogP contribution is 2.21. The molecule has 0 amide bonds. The monoisotopic (exact) mass is 360 g/mol. The van der Waals surface area contributed by atoms with Crippen LogP contribution in [0.4, 0.5) is 0 Å². The minimum absolute atomic E-state index is 0.0530. The Hall–Kier alpha value is -3.05. The Morgan fingerprint density at radius 2 is 1.46 bits per heavy atom. The molecule has 0 saturated heterocycles. The maximum Gasteiger partial charge on any atom is 0.187 e. The Balaban J connectivity index is 1.74. The van der Waals surface area contributed by atoms with Crippen LogP contribution in [-0.4, -0.2) is 15.8 Å². The molecule has 0 atom stereocenters. The third kappa shape index (κ3) is 4.74. The van der Waals surface area contributed by atoms with E-state index in [-0.39, 0.29) is 6.04 Å². The third-order valence-electron chi connectivity index (χ3n) is 3.90. The van der Waals surface area contributed by atoms with Crippen LogP contribution in [0.15, 0.2) is 90.2 Å². The predicted octanol–water partition coefficient (Wildman–Crippen LogP) is 4.06. The molecule has 0 saturated carbocycles. The molecule has 0 unspecified atom stereocenters. The number of benzene rings is 2. The number of nitrogens with one attached hydrogen (secondary N) is 2. The summed E-state index contributed by atoms with van der Waals surface area (Å²) in [5, 5.41) is 8.14. The molecule has 1 aromatic heterocycles. The second-order valence-electron chi connectivity index (χ2n) is 5.75. The summed E-state index contributed by atoms with van der Waals surface area (Å²) in [6, 6.07) is 26.1. The van der Waals surface area contributed by atoms with E-state index in [9.17, 15) is 0 Å². The normalized spacial score (nSPS) is 11.2. The lowest BCUT2D eigenvalue weighted by molar-refractivity contribution is 0.745. The molecular weight excluding hydrogens is 340 g/mol. The minimum Gasteiger partial charge on any atom is -0.350 e. The number of pyridine rings is 1. The van der Waals surface area contributed by atoms with Crippen molar-refractivity contribution in [1.82, 2.24) is 15.7 Å². The zero-order chi connectivity index (χ0) is 18.2. The first-order chi connectivity index (χ1) is 12.7. The molecule has 4 nitrogen and oxygen atoms in total. The van der Waals surface area contributed by atoms with Crippen LogP contribution in [0.1, 0.15) is 29.8 Å². The number of hydrogen-bond acceptors (Lipinski definition) is 3. The molecule has 0 aliphatic carbocycles. The number of rotatable bonds is 5. The van der Waals surface area contributed by atoms with Crippen LogP contribution in [0.2, 0.25) is 0 Å². The van der Waals surface area contributed by atoms with E-state index in [2.05, 4.69) is 45.1 Å². The number of nitrogens with zero attached hydrogens (tertiary/aromatic N) is 2. The molecule has 0 spiro atoms. The van der Waals surface area contributed by atoms with Crippen LogP contribution in [0.25, 0.3) is 0 Å². The van der Waals surface area contributed by atoms with E-state index in [0.29, 0.717) is 5.11 Å². The molecular formula is C21H20N4S. The summed E-state index contributed by atoms with van der Waals surface area (Å²) in [6.45, 7) is 1.89. The molecule has 3 rings (SSSR count). The molecule has 26 heavy (non-hydrogen) atoms. The lowest BCUT2D eigenvalue weighted by atomic mass is 9.99. The van der Waals surface area contributed by atoms with Crippen LogP contribution >= 0.6 is 12.2 Å². The molecule has 0 fully saturated rings. The second-order valence-corrected chi connectivity index (χ2v) is 6.16. The molecule has 130 valence electrons. The Morgan fingerprint density at radius 3 is 2.00 bits per heavy atom. The molecule has 0 radical (unpaired) electrons. The molecule has 1 heterocycles. The molecule has 2 aromatic carbocycles. The largest absolute Gasteiger partial charge is 0.350 e. The van der Waals surface area contributed by atoms with Crippen LogP contribution < -0.4 is 10.7 Å². The molecule has 0 aliphatic heterocycles. The fourth-order valence-electron chi connectivity index (χ4n) is 2.58. The average molecular weight is 360 g/mol. The van der Waals surface area contributed by atoms with E-state index < -0.39 is 0 Å². The fraction of sp³-hybridized carbons (Fsp3) is 0.0952. The molecule has 2 N–H and O–H groups in total. The predicted molar refractivity (Wildman–Crippen MR) is 110 cm³/mol. The van der Waals surface area contributed by atoms with Crippen molar-refractivity contribution in [3.8, 4) is 0 Å². The number of thiocarbonyl (C=S) groups is 1. The van der Waals surface area contributed by atoms with Crippen molar-refractivity contribution in [2.75, 3.05) is 0 Å². The van der Waals surface area contributed by atoms with Crippen molar-refractivity contribution in [2.45, 2.75) is 13.0 Å². The minimum atomic E-state index is -0.0530. The van der Waals surface area contributed by atoms with Crippen molar-refractivity contribution >= 4 is 23.0 Å². The SMILES string of the molecule is C/C(=N\NC(=S)NC(c1ccccc1)c1ccccc1)c1ccccn1. The Kier molecular flexibility index (Phi) is 6.06. The van der Waals surface area contributed by atoms with Gasteiger partial charge in [0.1, 0.15) is 0 Å². The van der Waals surface area contributed by atoms with Crippen molar-refractivity contribution < 1.29 is 0 Å². The molecule has 0 bridgehead atoms. The van der Waals surface area contributed by atoms with Gasteiger partial charge in [0.25, 0.3) is 0 Å². The van der Waals surface area contributed by atoms with E-state index in [4.69, 9.17) is 12.2 Å². The molecule has 0 aliphatic rings. The second kappa shape index (κ2) is 8.87. The zero-order valence-corrected chi connectivity index (χ0v) is 15.3. The summed E-state index contributed by atoms with van der Waals surface area (Å²) in [7, 11) is 0. The quantitative estimate of drug-likeness (QED) is 0.409. The van der Waals surface area contributed by atoms with E-state index in [1.54, 1.807) is 6.20 Å². The lowest BCUT2D eigenvalue weighted by Gasteiger charge is -2.21. The summed E-state index contributed by atoms with van der Waals surface area (Å²) >= 11 is 5.45. The Labute approximate surface area is 159 Å². The Bertz CT molecular complexity index is 825. The topological polar surface area (TPSA) is 49.3 Å². The summed E-state index contributed by atoms with van der Waals surface area (Å²) in [4.78, 5) is 4.28. The highest BCUT2D eigenvalue weighted by atomic mass is 32.1. The van der Waals surface area contributed by atoms with Gasteiger partial charge in [0.15, 0.2) is 5.11 Å². The first-order valence-electron chi connectivity index (χ1n) is 8.36. The fourth-order valence-corrected chi connectivity index (χ4v) is 2.75. The lowest BCUT2D eigenvalue weighted by Crippen LogP contribution is -2.36. The summed E-state index contributed by atoms with van der Waals surface area (Å²) in [5.74, 6) is 0. The first-order valence-corrected chi connectivity index (χ1v) is 8.77. The van der Waals surface area contributed by atoms with Gasteiger partial charge in [0.05, 0.1) is 17.4 Å². The van der Waals surface area contributed by atoms with Gasteiger partial charge < -0.3 is 5.32 Å². The summed E-state index contributed by atoms with van der Waals surface area (Å²) in [5.41, 5.74) is 6.76. The van der Waals surface area contributed by atoms with Crippen molar-refractivity contribution in [2.24, 2.45) is 5.10 Å². The standard InChI is InChI=1S/C21H20N4S/c1-16(19-14-8-9-15-22-19)24-25-21(26)23-20(17-10-4-2-5-11-17)18-12-6-3-7-13-18/h2-15,20H,1H3,(H2,23,25,26)/b24-16+. The van der Waals surface area contributed by atoms with Gasteiger partial charge >= 0.3 is 0 Å².